The third-order valence-corrected chi connectivity index (χ3v) is 8.80. The number of methoxy groups -OCH3 is 1. The van der Waals surface area contributed by atoms with Crippen molar-refractivity contribution in [3.63, 3.8) is 0 Å². The van der Waals surface area contributed by atoms with Crippen LogP contribution in [0.2, 0.25) is 0 Å². The van der Waals surface area contributed by atoms with E-state index >= 15 is 0 Å². The van der Waals surface area contributed by atoms with Crippen LogP contribution < -0.4 is 5.32 Å². The van der Waals surface area contributed by atoms with Gasteiger partial charge in [-0.3, -0.25) is 4.79 Å². The molecule has 2 aliphatic rings. The van der Waals surface area contributed by atoms with Crippen molar-refractivity contribution in [2.24, 2.45) is 5.92 Å². The van der Waals surface area contributed by atoms with E-state index in [9.17, 15) is 31.6 Å². The van der Waals surface area contributed by atoms with Crippen LogP contribution in [0.4, 0.5) is 13.2 Å². The predicted molar refractivity (Wildman–Crippen MR) is 117 cm³/mol. The zero-order chi connectivity index (χ0) is 24.7. The summed E-state index contributed by atoms with van der Waals surface area (Å²) >= 11 is 0. The van der Waals surface area contributed by atoms with Crippen LogP contribution >= 0.6 is 0 Å². The van der Waals surface area contributed by atoms with E-state index in [-0.39, 0.29) is 18.4 Å². The summed E-state index contributed by atoms with van der Waals surface area (Å²) in [6.07, 6.45) is -4.98. The Morgan fingerprint density at radius 2 is 1.79 bits per heavy atom. The number of nitrogens with one attached hydrogen (secondary N) is 1. The van der Waals surface area contributed by atoms with E-state index in [0.717, 1.165) is 12.1 Å². The molecule has 0 spiro atoms. The van der Waals surface area contributed by atoms with Gasteiger partial charge in [-0.05, 0) is 48.9 Å². The number of carbonyl (C=O) groups is 1. The minimum absolute atomic E-state index is 0.117. The first-order valence-electron chi connectivity index (χ1n) is 10.8. The van der Waals surface area contributed by atoms with Gasteiger partial charge in [0.2, 0.25) is 5.91 Å². The summed E-state index contributed by atoms with van der Waals surface area (Å²) in [6.45, 7) is 0. The summed E-state index contributed by atoms with van der Waals surface area (Å²) in [6, 6.07) is 13.6. The highest BCUT2D eigenvalue weighted by atomic mass is 32.2. The lowest BCUT2D eigenvalue weighted by Crippen LogP contribution is -2.42. The molecule has 0 saturated heterocycles. The lowest BCUT2D eigenvalue weighted by molar-refractivity contribution is -0.139. The quantitative estimate of drug-likeness (QED) is 0.655. The van der Waals surface area contributed by atoms with E-state index in [0.29, 0.717) is 18.4 Å². The summed E-state index contributed by atoms with van der Waals surface area (Å²) in [5, 5.41) is 10.6. The Hall–Kier alpha value is -2.90. The molecule has 0 unspecified atom stereocenters. The van der Waals surface area contributed by atoms with Gasteiger partial charge >= 0.3 is 6.18 Å². The van der Waals surface area contributed by atoms with Gasteiger partial charge < -0.3 is 10.1 Å². The van der Waals surface area contributed by atoms with Gasteiger partial charge in [0.1, 0.15) is 5.54 Å². The molecule has 4 rings (SSSR count). The SMILES string of the molecule is CO[C@H]1C[C@@H](S(=O)(=O)c2ccc(-c3ccccc3)cc2C(F)(F)F)C[C@@H]1C(=O)NC1(C#N)CC1. The van der Waals surface area contributed by atoms with Crippen LogP contribution in [-0.2, 0) is 25.5 Å². The number of nitrogens with zero attached hydrogens (tertiary/aromatic N) is 1. The van der Waals surface area contributed by atoms with Crippen LogP contribution in [0.15, 0.2) is 53.4 Å². The van der Waals surface area contributed by atoms with E-state index in [2.05, 4.69) is 5.32 Å². The van der Waals surface area contributed by atoms with E-state index < -0.39 is 55.2 Å². The van der Waals surface area contributed by atoms with Gasteiger partial charge in [0.25, 0.3) is 0 Å². The second kappa shape index (κ2) is 8.71. The number of alkyl halides is 3. The summed E-state index contributed by atoms with van der Waals surface area (Å²) < 4.78 is 74.0. The third-order valence-electron chi connectivity index (χ3n) is 6.56. The first-order chi connectivity index (χ1) is 16.0. The van der Waals surface area contributed by atoms with E-state index in [4.69, 9.17) is 4.74 Å². The molecule has 2 aromatic carbocycles. The van der Waals surface area contributed by atoms with Crippen molar-refractivity contribution in [3.8, 4) is 17.2 Å². The molecule has 2 fully saturated rings. The first-order valence-corrected chi connectivity index (χ1v) is 12.3. The maximum atomic E-state index is 14.0. The van der Waals surface area contributed by atoms with Gasteiger partial charge in [-0.15, -0.1) is 0 Å². The topological polar surface area (TPSA) is 96.3 Å². The van der Waals surface area contributed by atoms with Crippen molar-refractivity contribution >= 4 is 15.7 Å². The molecule has 180 valence electrons. The fourth-order valence-electron chi connectivity index (χ4n) is 4.45. The number of benzene rings is 2. The molecule has 0 radical (unpaired) electrons. The Bertz CT molecular complexity index is 1240. The number of carbonyl (C=O) groups excluding carboxylic acids is 1. The molecular weight excluding hydrogens is 469 g/mol. The maximum Gasteiger partial charge on any atom is 0.417 e. The molecule has 0 aromatic heterocycles. The third kappa shape index (κ3) is 4.55. The molecular formula is C24H23F3N2O4S. The Balaban J connectivity index is 1.66. The number of hydrogen-bond acceptors (Lipinski definition) is 5. The smallest absolute Gasteiger partial charge is 0.381 e. The van der Waals surface area contributed by atoms with Gasteiger partial charge in [-0.2, -0.15) is 18.4 Å². The summed E-state index contributed by atoms with van der Waals surface area (Å²) in [4.78, 5) is 11.9. The van der Waals surface area contributed by atoms with Crippen molar-refractivity contribution in [2.75, 3.05) is 7.11 Å². The van der Waals surface area contributed by atoms with Gasteiger partial charge in [-0.1, -0.05) is 36.4 Å². The summed E-state index contributed by atoms with van der Waals surface area (Å²) in [5.41, 5.74) is -1.41. The Morgan fingerprint density at radius 1 is 1.12 bits per heavy atom. The lowest BCUT2D eigenvalue weighted by atomic mass is 10.0. The largest absolute Gasteiger partial charge is 0.417 e. The highest BCUT2D eigenvalue weighted by molar-refractivity contribution is 7.92. The number of nitriles is 1. The predicted octanol–water partition coefficient (Wildman–Crippen LogP) is 4.11. The second-order valence-electron chi connectivity index (χ2n) is 8.78. The zero-order valence-corrected chi connectivity index (χ0v) is 19.1. The number of hydrogen-bond donors (Lipinski definition) is 1. The lowest BCUT2D eigenvalue weighted by Gasteiger charge is -2.19. The Morgan fingerprint density at radius 3 is 2.35 bits per heavy atom. The van der Waals surface area contributed by atoms with Crippen LogP contribution in [-0.4, -0.2) is 38.3 Å². The van der Waals surface area contributed by atoms with Crippen LogP contribution in [0.1, 0.15) is 31.2 Å². The van der Waals surface area contributed by atoms with Gasteiger partial charge in [0.15, 0.2) is 9.84 Å². The summed E-state index contributed by atoms with van der Waals surface area (Å²) in [5.74, 6) is -1.40. The van der Waals surface area contributed by atoms with Crippen LogP contribution in [0, 0.1) is 17.2 Å². The molecule has 10 heteroatoms. The van der Waals surface area contributed by atoms with Crippen LogP contribution in [0.5, 0.6) is 0 Å². The molecule has 0 bridgehead atoms. The van der Waals surface area contributed by atoms with Crippen LogP contribution in [0.25, 0.3) is 11.1 Å². The van der Waals surface area contributed by atoms with E-state index in [1.54, 1.807) is 30.3 Å². The molecule has 1 N–H and O–H groups in total. The summed E-state index contributed by atoms with van der Waals surface area (Å²) in [7, 11) is -3.11. The monoisotopic (exact) mass is 492 g/mol. The number of rotatable bonds is 6. The van der Waals surface area contributed by atoms with Crippen molar-refractivity contribution in [1.82, 2.24) is 5.32 Å². The second-order valence-corrected chi connectivity index (χ2v) is 11.0. The standard InChI is InChI=1S/C24H23F3N2O4S/c1-33-20-13-17(12-18(20)22(30)29-23(14-28)9-10-23)34(31,32)21-8-7-16(11-19(21)24(25,26)27)15-5-3-2-4-6-15/h2-8,11,17-18,20H,9-10,12-13H2,1H3,(H,29,30)/t17-,18-,20-/m0/s1. The van der Waals surface area contributed by atoms with Gasteiger partial charge in [0, 0.05) is 7.11 Å². The molecule has 34 heavy (non-hydrogen) atoms. The fraction of sp³-hybridized carbons (Fsp3) is 0.417. The zero-order valence-electron chi connectivity index (χ0n) is 18.3. The average Bonchev–Trinajstić information content (AvgIpc) is 3.44. The first kappa shape index (κ1) is 24.2. The molecule has 6 nitrogen and oxygen atoms in total. The number of amides is 1. The van der Waals surface area contributed by atoms with E-state index in [1.807, 2.05) is 6.07 Å². The molecule has 0 aliphatic heterocycles. The van der Waals surface area contributed by atoms with Crippen molar-refractivity contribution < 1.29 is 31.1 Å². The number of sulfone groups is 1. The highest BCUT2D eigenvalue weighted by Gasteiger charge is 2.51. The van der Waals surface area contributed by atoms with E-state index in [1.165, 1.54) is 13.2 Å². The van der Waals surface area contributed by atoms with Crippen molar-refractivity contribution in [2.45, 2.75) is 53.6 Å². The molecule has 2 saturated carbocycles. The normalized spacial score (nSPS) is 23.8. The van der Waals surface area contributed by atoms with Crippen molar-refractivity contribution in [1.29, 1.82) is 5.26 Å². The van der Waals surface area contributed by atoms with Crippen LogP contribution in [0.3, 0.4) is 0 Å². The molecule has 2 aromatic rings. The maximum absolute atomic E-state index is 14.0. The minimum Gasteiger partial charge on any atom is -0.381 e. The number of ether oxygens (including phenoxy) is 1. The molecule has 2 aliphatic carbocycles. The average molecular weight is 493 g/mol. The fourth-order valence-corrected chi connectivity index (χ4v) is 6.45. The Labute approximate surface area is 195 Å². The van der Waals surface area contributed by atoms with Gasteiger partial charge in [0.05, 0.1) is 33.8 Å². The molecule has 0 heterocycles. The minimum atomic E-state index is -4.89. The number of halogens is 3. The van der Waals surface area contributed by atoms with Gasteiger partial charge in [-0.25, -0.2) is 8.42 Å². The molecule has 1 amide bonds. The highest BCUT2D eigenvalue weighted by Crippen LogP contribution is 2.43. The Kier molecular flexibility index (Phi) is 6.21. The molecule has 3 atom stereocenters. The van der Waals surface area contributed by atoms with Crippen molar-refractivity contribution in [3.05, 3.63) is 54.1 Å².